The number of methoxy groups -OCH3 is 2. The van der Waals surface area contributed by atoms with Crippen molar-refractivity contribution in [3.8, 4) is 23.0 Å². The molecule has 40 heavy (non-hydrogen) atoms. The molecule has 0 heterocycles. The summed E-state index contributed by atoms with van der Waals surface area (Å²) >= 11 is 0. The van der Waals surface area contributed by atoms with Gasteiger partial charge in [-0.15, -0.1) is 0 Å². The molecule has 0 spiro atoms. The number of carbonyl (C=O) groups is 1. The van der Waals surface area contributed by atoms with Crippen LogP contribution in [-0.2, 0) is 22.7 Å². The number of anilines is 1. The average molecular weight is 548 g/mol. The first kappa shape index (κ1) is 29.8. The highest BCUT2D eigenvalue weighted by atomic mass is 16.7. The standard InChI is InChI=1S/C21H18O4.C10H15NO4/c22-21(23)18-11-12-19(24-14-16-7-3-1-4-8-16)20(13-18)25-15-17-9-5-2-6-10-17;1-12-6-14-9-4-3-8(11)5-10(9)15-7-13-2/h1-13H,14-15H2,(H,22,23);3-5H,6-7,11H2,1-2H3. The summed E-state index contributed by atoms with van der Waals surface area (Å²) < 4.78 is 31.8. The van der Waals surface area contributed by atoms with Gasteiger partial charge in [-0.25, -0.2) is 4.79 Å². The number of nitrogen functional groups attached to an aromatic ring is 1. The van der Waals surface area contributed by atoms with Crippen LogP contribution in [0.4, 0.5) is 5.69 Å². The SMILES string of the molecule is COCOc1ccc(N)cc1OCOC.O=C(O)c1ccc(OCc2ccccc2)c(OCc2ccccc2)c1. The largest absolute Gasteiger partial charge is 0.485 e. The van der Waals surface area contributed by atoms with E-state index >= 15 is 0 Å². The molecule has 4 aromatic rings. The van der Waals surface area contributed by atoms with E-state index in [0.717, 1.165) is 11.1 Å². The Morgan fingerprint density at radius 2 is 1.10 bits per heavy atom. The molecule has 0 fully saturated rings. The third kappa shape index (κ3) is 9.86. The molecule has 3 N–H and O–H groups in total. The predicted octanol–water partition coefficient (Wildman–Crippen LogP) is 5.78. The number of hydrogen-bond acceptors (Lipinski definition) is 8. The molecule has 0 aliphatic rings. The van der Waals surface area contributed by atoms with Gasteiger partial charge in [0.25, 0.3) is 0 Å². The van der Waals surface area contributed by atoms with Gasteiger partial charge in [0.1, 0.15) is 13.2 Å². The third-order valence-corrected chi connectivity index (χ3v) is 5.30. The fourth-order valence-corrected chi connectivity index (χ4v) is 3.35. The molecule has 9 heteroatoms. The fraction of sp³-hybridized carbons (Fsp3) is 0.194. The molecule has 0 bridgehead atoms. The highest BCUT2D eigenvalue weighted by molar-refractivity contribution is 5.88. The number of benzene rings is 4. The number of carboxylic acids is 1. The van der Waals surface area contributed by atoms with E-state index < -0.39 is 5.97 Å². The molecular weight excluding hydrogens is 514 g/mol. The molecule has 0 amide bonds. The molecule has 0 saturated carbocycles. The number of rotatable bonds is 13. The van der Waals surface area contributed by atoms with Crippen LogP contribution in [-0.4, -0.2) is 38.9 Å². The van der Waals surface area contributed by atoms with Gasteiger partial charge in [0, 0.05) is 26.0 Å². The van der Waals surface area contributed by atoms with E-state index in [-0.39, 0.29) is 19.1 Å². The van der Waals surface area contributed by atoms with Crippen molar-refractivity contribution < 1.29 is 38.3 Å². The second-order valence-corrected chi connectivity index (χ2v) is 8.32. The molecule has 4 aromatic carbocycles. The normalized spacial score (nSPS) is 10.2. The maximum Gasteiger partial charge on any atom is 0.335 e. The first-order chi connectivity index (χ1) is 19.5. The van der Waals surface area contributed by atoms with Crippen LogP contribution in [0.15, 0.2) is 97.1 Å². The van der Waals surface area contributed by atoms with Crippen molar-refractivity contribution in [1.29, 1.82) is 0 Å². The Kier molecular flexibility index (Phi) is 12.1. The summed E-state index contributed by atoms with van der Waals surface area (Å²) in [6.07, 6.45) is 0. The Bertz CT molecular complexity index is 1320. The van der Waals surface area contributed by atoms with Crippen LogP contribution in [0.25, 0.3) is 0 Å². The van der Waals surface area contributed by atoms with Crippen LogP contribution in [0, 0.1) is 0 Å². The van der Waals surface area contributed by atoms with E-state index in [2.05, 4.69) is 0 Å². The molecule has 0 unspecified atom stereocenters. The van der Waals surface area contributed by atoms with Gasteiger partial charge in [-0.2, -0.15) is 0 Å². The molecule has 4 rings (SSSR count). The lowest BCUT2D eigenvalue weighted by molar-refractivity contribution is 0.0323. The second-order valence-electron chi connectivity index (χ2n) is 8.32. The van der Waals surface area contributed by atoms with Gasteiger partial charge in [-0.1, -0.05) is 60.7 Å². The summed E-state index contributed by atoms with van der Waals surface area (Å²) in [5.41, 5.74) is 8.41. The minimum absolute atomic E-state index is 0.146. The number of carboxylic acid groups (broad SMARTS) is 1. The molecule has 0 atom stereocenters. The Labute approximate surface area is 233 Å². The van der Waals surface area contributed by atoms with Crippen molar-refractivity contribution in [2.45, 2.75) is 13.2 Å². The highest BCUT2D eigenvalue weighted by Gasteiger charge is 2.11. The number of hydrogen-bond donors (Lipinski definition) is 2. The molecule has 0 aromatic heterocycles. The Morgan fingerprint density at radius 1 is 0.625 bits per heavy atom. The Hall–Kier alpha value is -4.73. The summed E-state index contributed by atoms with van der Waals surface area (Å²) in [5, 5.41) is 9.20. The zero-order valence-electron chi connectivity index (χ0n) is 22.4. The molecule has 0 aliphatic heterocycles. The van der Waals surface area contributed by atoms with Gasteiger partial charge in [-0.3, -0.25) is 0 Å². The van der Waals surface area contributed by atoms with E-state index in [4.69, 9.17) is 34.2 Å². The van der Waals surface area contributed by atoms with Crippen molar-refractivity contribution in [3.05, 3.63) is 114 Å². The van der Waals surface area contributed by atoms with Gasteiger partial charge in [0.05, 0.1) is 5.56 Å². The van der Waals surface area contributed by atoms with Gasteiger partial charge < -0.3 is 39.3 Å². The molecule has 0 radical (unpaired) electrons. The van der Waals surface area contributed by atoms with Crippen LogP contribution in [0.5, 0.6) is 23.0 Å². The molecule has 9 nitrogen and oxygen atoms in total. The van der Waals surface area contributed by atoms with Gasteiger partial charge in [0.15, 0.2) is 36.6 Å². The topological polar surface area (TPSA) is 119 Å². The van der Waals surface area contributed by atoms with E-state index in [1.807, 2.05) is 60.7 Å². The number of aromatic carboxylic acids is 1. The van der Waals surface area contributed by atoms with Crippen molar-refractivity contribution in [2.75, 3.05) is 33.5 Å². The second kappa shape index (κ2) is 16.3. The molecule has 0 aliphatic carbocycles. The van der Waals surface area contributed by atoms with Crippen LogP contribution in [0.2, 0.25) is 0 Å². The van der Waals surface area contributed by atoms with Crippen molar-refractivity contribution in [1.82, 2.24) is 0 Å². The summed E-state index contributed by atoms with van der Waals surface area (Å²) in [7, 11) is 3.09. The molecular formula is C31H33NO8. The quantitative estimate of drug-likeness (QED) is 0.159. The number of nitrogens with two attached hydrogens (primary N) is 1. The number of ether oxygens (including phenoxy) is 6. The fourth-order valence-electron chi connectivity index (χ4n) is 3.35. The van der Waals surface area contributed by atoms with Gasteiger partial charge >= 0.3 is 5.97 Å². The maximum absolute atomic E-state index is 11.2. The first-order valence-corrected chi connectivity index (χ1v) is 12.3. The van der Waals surface area contributed by atoms with Gasteiger partial charge in [0.2, 0.25) is 0 Å². The van der Waals surface area contributed by atoms with E-state index in [9.17, 15) is 9.90 Å². The van der Waals surface area contributed by atoms with Crippen LogP contribution >= 0.6 is 0 Å². The zero-order chi connectivity index (χ0) is 28.6. The van der Waals surface area contributed by atoms with E-state index in [1.54, 1.807) is 38.5 Å². The molecule has 210 valence electrons. The smallest absolute Gasteiger partial charge is 0.335 e. The average Bonchev–Trinajstić information content (AvgIpc) is 2.99. The minimum Gasteiger partial charge on any atom is -0.485 e. The van der Waals surface area contributed by atoms with Gasteiger partial charge in [-0.05, 0) is 41.5 Å². The lowest BCUT2D eigenvalue weighted by atomic mass is 10.2. The van der Waals surface area contributed by atoms with Crippen molar-refractivity contribution in [2.24, 2.45) is 0 Å². The first-order valence-electron chi connectivity index (χ1n) is 12.3. The summed E-state index contributed by atoms with van der Waals surface area (Å²) in [6, 6.07) is 29.2. The van der Waals surface area contributed by atoms with Crippen LogP contribution in [0.1, 0.15) is 21.5 Å². The monoisotopic (exact) mass is 547 g/mol. The summed E-state index contributed by atoms with van der Waals surface area (Å²) in [4.78, 5) is 11.2. The van der Waals surface area contributed by atoms with Crippen LogP contribution in [0.3, 0.4) is 0 Å². The van der Waals surface area contributed by atoms with Crippen molar-refractivity contribution in [3.63, 3.8) is 0 Å². The highest BCUT2D eigenvalue weighted by Crippen LogP contribution is 2.31. The minimum atomic E-state index is -1.00. The predicted molar refractivity (Wildman–Crippen MR) is 151 cm³/mol. The lowest BCUT2D eigenvalue weighted by Crippen LogP contribution is -2.04. The van der Waals surface area contributed by atoms with E-state index in [0.29, 0.717) is 41.9 Å². The van der Waals surface area contributed by atoms with E-state index in [1.165, 1.54) is 12.1 Å². The van der Waals surface area contributed by atoms with Crippen molar-refractivity contribution >= 4 is 11.7 Å². The Balaban J connectivity index is 0.000000252. The molecule has 0 saturated heterocycles. The maximum atomic E-state index is 11.2. The zero-order valence-corrected chi connectivity index (χ0v) is 22.4. The Morgan fingerprint density at radius 3 is 1.65 bits per heavy atom. The summed E-state index contributed by atoms with van der Waals surface area (Å²) in [6.45, 7) is 1.03. The lowest BCUT2D eigenvalue weighted by Gasteiger charge is -2.14. The third-order valence-electron chi connectivity index (χ3n) is 5.30. The van der Waals surface area contributed by atoms with Crippen LogP contribution < -0.4 is 24.7 Å². The summed E-state index contributed by atoms with van der Waals surface area (Å²) in [5.74, 6) is 1.04.